The van der Waals surface area contributed by atoms with Crippen molar-refractivity contribution in [3.63, 3.8) is 0 Å². The maximum Gasteiger partial charge on any atom is 0.280 e. The van der Waals surface area contributed by atoms with Crippen LogP contribution < -0.4 is 0 Å². The Morgan fingerprint density at radius 2 is 2.05 bits per heavy atom. The molecule has 0 saturated heterocycles. The van der Waals surface area contributed by atoms with Crippen LogP contribution in [0.3, 0.4) is 0 Å². The highest BCUT2D eigenvalue weighted by Crippen LogP contribution is 2.22. The van der Waals surface area contributed by atoms with Crippen LogP contribution in [0, 0.1) is 5.82 Å². The number of hydrogen-bond donors (Lipinski definition) is 0. The van der Waals surface area contributed by atoms with Crippen LogP contribution >= 0.6 is 22.3 Å². The van der Waals surface area contributed by atoms with Crippen molar-refractivity contribution in [1.29, 1.82) is 0 Å². The van der Waals surface area contributed by atoms with Gasteiger partial charge < -0.3 is 4.57 Å². The average Bonchev–Trinajstić information content (AvgIpc) is 2.78. The summed E-state index contributed by atoms with van der Waals surface area (Å²) >= 11 is 5.64. The summed E-state index contributed by atoms with van der Waals surface area (Å²) in [5.41, 5.74) is 0.648. The second kappa shape index (κ2) is 5.94. The first-order valence-electron chi connectivity index (χ1n) is 6.14. The fourth-order valence-electron chi connectivity index (χ4n) is 1.94. The molecule has 1 aromatic carbocycles. The Bertz CT molecular complexity index is 772. The second-order valence-corrected chi connectivity index (χ2v) is 7.83. The zero-order chi connectivity index (χ0) is 15.8. The van der Waals surface area contributed by atoms with Gasteiger partial charge in [0.2, 0.25) is 0 Å². The summed E-state index contributed by atoms with van der Waals surface area (Å²) in [6, 6.07) is 4.43. The molecule has 0 bridgehead atoms. The standard InChI is InChI=1S/C13H13Cl2FN2O2S/c1-8(2)13-17-12(21(15,19)20)7-18(13)6-9-3-4-10(14)11(16)5-9/h3-5,7-8H,6H2,1-2H3. The normalized spacial score (nSPS) is 12.1. The van der Waals surface area contributed by atoms with Gasteiger partial charge in [-0.3, -0.25) is 0 Å². The molecule has 0 unspecified atom stereocenters. The molecule has 0 aliphatic rings. The highest BCUT2D eigenvalue weighted by Gasteiger charge is 2.19. The smallest absolute Gasteiger partial charge is 0.280 e. The van der Waals surface area contributed by atoms with Crippen molar-refractivity contribution in [2.75, 3.05) is 0 Å². The molecule has 21 heavy (non-hydrogen) atoms. The molecular weight excluding hydrogens is 338 g/mol. The minimum absolute atomic E-state index is 0.00526. The van der Waals surface area contributed by atoms with E-state index in [1.165, 1.54) is 18.3 Å². The third-order valence-electron chi connectivity index (χ3n) is 2.89. The molecule has 0 amide bonds. The topological polar surface area (TPSA) is 52.0 Å². The van der Waals surface area contributed by atoms with E-state index in [0.29, 0.717) is 11.4 Å². The predicted molar refractivity (Wildman–Crippen MR) is 79.9 cm³/mol. The van der Waals surface area contributed by atoms with Gasteiger partial charge in [-0.15, -0.1) is 0 Å². The highest BCUT2D eigenvalue weighted by molar-refractivity contribution is 8.13. The van der Waals surface area contributed by atoms with Crippen molar-refractivity contribution in [3.8, 4) is 0 Å². The molecule has 0 fully saturated rings. The van der Waals surface area contributed by atoms with Crippen molar-refractivity contribution in [2.24, 2.45) is 0 Å². The third-order valence-corrected chi connectivity index (χ3v) is 4.37. The van der Waals surface area contributed by atoms with Gasteiger partial charge in [-0.25, -0.2) is 17.8 Å². The summed E-state index contributed by atoms with van der Waals surface area (Å²) in [7, 11) is 1.42. The van der Waals surface area contributed by atoms with E-state index in [2.05, 4.69) is 4.98 Å². The van der Waals surface area contributed by atoms with E-state index < -0.39 is 14.9 Å². The van der Waals surface area contributed by atoms with Crippen LogP contribution in [0.25, 0.3) is 0 Å². The summed E-state index contributed by atoms with van der Waals surface area (Å²) in [4.78, 5) is 4.04. The van der Waals surface area contributed by atoms with Gasteiger partial charge in [0, 0.05) is 29.3 Å². The maximum atomic E-state index is 13.5. The van der Waals surface area contributed by atoms with Crippen molar-refractivity contribution < 1.29 is 12.8 Å². The van der Waals surface area contributed by atoms with Gasteiger partial charge in [-0.1, -0.05) is 31.5 Å². The van der Waals surface area contributed by atoms with E-state index in [0.717, 1.165) is 0 Å². The number of imidazole rings is 1. The molecule has 4 nitrogen and oxygen atoms in total. The van der Waals surface area contributed by atoms with Gasteiger partial charge in [0.1, 0.15) is 11.6 Å². The number of benzene rings is 1. The number of aromatic nitrogens is 2. The van der Waals surface area contributed by atoms with E-state index >= 15 is 0 Å². The summed E-state index contributed by atoms with van der Waals surface area (Å²) < 4.78 is 37.9. The van der Waals surface area contributed by atoms with Gasteiger partial charge >= 0.3 is 0 Å². The number of rotatable bonds is 4. The molecule has 0 N–H and O–H groups in total. The van der Waals surface area contributed by atoms with Crippen LogP contribution in [0.4, 0.5) is 4.39 Å². The van der Waals surface area contributed by atoms with Crippen molar-refractivity contribution in [2.45, 2.75) is 31.3 Å². The van der Waals surface area contributed by atoms with Crippen LogP contribution in [0.5, 0.6) is 0 Å². The molecule has 0 saturated carbocycles. The third kappa shape index (κ3) is 3.75. The van der Waals surface area contributed by atoms with E-state index in [-0.39, 0.29) is 22.5 Å². The van der Waals surface area contributed by atoms with Gasteiger partial charge in [-0.05, 0) is 17.7 Å². The molecular formula is C13H13Cl2FN2O2S. The molecule has 1 aromatic heterocycles. The first kappa shape index (κ1) is 16.3. The molecule has 8 heteroatoms. The van der Waals surface area contributed by atoms with Crippen LogP contribution in [0.15, 0.2) is 29.4 Å². The lowest BCUT2D eigenvalue weighted by Gasteiger charge is -2.10. The number of nitrogens with zero attached hydrogens (tertiary/aromatic N) is 2. The Morgan fingerprint density at radius 3 is 2.57 bits per heavy atom. The Kier molecular flexibility index (Phi) is 4.60. The van der Waals surface area contributed by atoms with Gasteiger partial charge in [0.25, 0.3) is 9.05 Å². The minimum atomic E-state index is -3.90. The average molecular weight is 351 g/mol. The molecule has 0 aliphatic carbocycles. The van der Waals surface area contributed by atoms with E-state index in [1.807, 2.05) is 13.8 Å². The Labute approximate surface area is 131 Å². The molecule has 114 valence electrons. The van der Waals surface area contributed by atoms with Crippen molar-refractivity contribution in [3.05, 3.63) is 46.6 Å². The number of halogens is 3. The molecule has 2 aromatic rings. The lowest BCUT2D eigenvalue weighted by molar-refractivity contribution is 0.606. The summed E-state index contributed by atoms with van der Waals surface area (Å²) in [6.07, 6.45) is 1.35. The van der Waals surface area contributed by atoms with Crippen LogP contribution in [0.2, 0.25) is 5.02 Å². The highest BCUT2D eigenvalue weighted by atomic mass is 35.7. The molecule has 0 aliphatic heterocycles. The monoisotopic (exact) mass is 350 g/mol. The summed E-state index contributed by atoms with van der Waals surface area (Å²) in [6.45, 7) is 4.04. The van der Waals surface area contributed by atoms with Gasteiger partial charge in [0.05, 0.1) is 5.02 Å². The van der Waals surface area contributed by atoms with Crippen molar-refractivity contribution in [1.82, 2.24) is 9.55 Å². The van der Waals surface area contributed by atoms with E-state index in [4.69, 9.17) is 22.3 Å². The molecule has 0 spiro atoms. The van der Waals surface area contributed by atoms with Gasteiger partial charge in [0.15, 0.2) is 5.03 Å². The van der Waals surface area contributed by atoms with Crippen molar-refractivity contribution >= 4 is 31.3 Å². The molecule has 2 rings (SSSR count). The number of hydrogen-bond acceptors (Lipinski definition) is 3. The van der Waals surface area contributed by atoms with E-state index in [1.54, 1.807) is 10.6 Å². The fourth-order valence-corrected chi connectivity index (χ4v) is 2.74. The molecule has 0 atom stereocenters. The predicted octanol–water partition coefficient (Wildman–Crippen LogP) is 3.77. The first-order chi connectivity index (χ1) is 9.68. The Hall–Kier alpha value is -1.11. The second-order valence-electron chi connectivity index (χ2n) is 4.91. The lowest BCUT2D eigenvalue weighted by atomic mass is 10.2. The lowest BCUT2D eigenvalue weighted by Crippen LogP contribution is -2.06. The summed E-state index contributed by atoms with van der Waals surface area (Å²) in [5, 5.41) is -0.167. The molecule has 0 radical (unpaired) electrons. The van der Waals surface area contributed by atoms with Crippen LogP contribution in [0.1, 0.15) is 31.2 Å². The maximum absolute atomic E-state index is 13.5. The fraction of sp³-hybridized carbons (Fsp3) is 0.308. The zero-order valence-electron chi connectivity index (χ0n) is 11.3. The largest absolute Gasteiger partial charge is 0.329 e. The van der Waals surface area contributed by atoms with Gasteiger partial charge in [-0.2, -0.15) is 0 Å². The Morgan fingerprint density at radius 1 is 1.38 bits per heavy atom. The van der Waals surface area contributed by atoms with Crippen LogP contribution in [-0.2, 0) is 15.6 Å². The van der Waals surface area contributed by atoms with E-state index in [9.17, 15) is 12.8 Å². The first-order valence-corrected chi connectivity index (χ1v) is 8.83. The minimum Gasteiger partial charge on any atom is -0.329 e. The summed E-state index contributed by atoms with van der Waals surface area (Å²) in [5.74, 6) is 0.0319. The molecule has 1 heterocycles. The van der Waals surface area contributed by atoms with Crippen LogP contribution in [-0.4, -0.2) is 18.0 Å². The SMILES string of the molecule is CC(C)c1nc(S(=O)(=O)Cl)cn1Cc1ccc(Cl)c(F)c1. The Balaban J connectivity index is 2.43. The zero-order valence-corrected chi connectivity index (χ0v) is 13.7. The quantitative estimate of drug-likeness (QED) is 0.788.